The number of rotatable bonds is 2. The van der Waals surface area contributed by atoms with E-state index >= 15 is 0 Å². The lowest BCUT2D eigenvalue weighted by molar-refractivity contribution is -0.165. The molecule has 7 nitrogen and oxygen atoms in total. The van der Waals surface area contributed by atoms with Crippen molar-refractivity contribution in [3.05, 3.63) is 23.8 Å². The molecule has 1 spiro atoms. The van der Waals surface area contributed by atoms with Crippen molar-refractivity contribution in [2.24, 2.45) is 0 Å². The lowest BCUT2D eigenvalue weighted by atomic mass is 9.81. The number of anilines is 1. The highest BCUT2D eigenvalue weighted by atomic mass is 32.2. The van der Waals surface area contributed by atoms with Gasteiger partial charge in [-0.05, 0) is 49.4 Å². The van der Waals surface area contributed by atoms with Crippen LogP contribution in [0.1, 0.15) is 51.0 Å². The zero-order valence-electron chi connectivity index (χ0n) is 16.1. The molecule has 1 saturated carbocycles. The second-order valence-electron chi connectivity index (χ2n) is 7.87. The van der Waals surface area contributed by atoms with Gasteiger partial charge in [-0.25, -0.2) is 8.42 Å². The number of hydrogen-bond acceptors (Lipinski definition) is 5. The highest BCUT2D eigenvalue weighted by Gasteiger charge is 2.53. The van der Waals surface area contributed by atoms with Gasteiger partial charge in [0, 0.05) is 25.7 Å². The Bertz CT molecular complexity index is 905. The largest absolute Gasteiger partial charge is 0.463 e. The number of sulfonamides is 1. The van der Waals surface area contributed by atoms with Gasteiger partial charge in [-0.2, -0.15) is 4.31 Å². The average molecular weight is 407 g/mol. The van der Waals surface area contributed by atoms with E-state index in [1.807, 2.05) is 0 Å². The van der Waals surface area contributed by atoms with Crippen LogP contribution in [0.4, 0.5) is 5.69 Å². The lowest BCUT2D eigenvalue weighted by Crippen LogP contribution is -2.62. The number of benzene rings is 1. The van der Waals surface area contributed by atoms with Crippen LogP contribution < -0.4 is 4.90 Å². The van der Waals surface area contributed by atoms with Gasteiger partial charge in [0.1, 0.15) is 12.1 Å². The Morgan fingerprint density at radius 1 is 1.11 bits per heavy atom. The zero-order valence-corrected chi connectivity index (χ0v) is 17.0. The van der Waals surface area contributed by atoms with Crippen molar-refractivity contribution >= 4 is 27.6 Å². The number of ether oxygens (including phenoxy) is 1. The van der Waals surface area contributed by atoms with Crippen molar-refractivity contribution in [2.75, 3.05) is 24.6 Å². The summed E-state index contributed by atoms with van der Waals surface area (Å²) in [5.74, 6) is -0.459. The first-order chi connectivity index (χ1) is 13.4. The van der Waals surface area contributed by atoms with E-state index in [1.165, 1.54) is 11.2 Å². The zero-order chi connectivity index (χ0) is 19.9. The summed E-state index contributed by atoms with van der Waals surface area (Å²) in [6, 6.07) is 4.96. The van der Waals surface area contributed by atoms with Gasteiger partial charge < -0.3 is 9.64 Å². The van der Waals surface area contributed by atoms with Crippen LogP contribution >= 0.6 is 0 Å². The summed E-state index contributed by atoms with van der Waals surface area (Å²) in [4.78, 5) is 26.4. The summed E-state index contributed by atoms with van der Waals surface area (Å²) in [6.07, 6.45) is 5.19. The molecule has 0 aromatic heterocycles. The van der Waals surface area contributed by atoms with Gasteiger partial charge in [0.15, 0.2) is 0 Å². The number of hydrogen-bond donors (Lipinski definition) is 0. The third-order valence-electron chi connectivity index (χ3n) is 6.20. The molecule has 0 radical (unpaired) electrons. The maximum atomic E-state index is 13.5. The predicted molar refractivity (Wildman–Crippen MR) is 103 cm³/mol. The highest BCUT2D eigenvalue weighted by molar-refractivity contribution is 7.89. The summed E-state index contributed by atoms with van der Waals surface area (Å²) in [5, 5.41) is 0. The van der Waals surface area contributed by atoms with Gasteiger partial charge in [-0.3, -0.25) is 9.59 Å². The first kappa shape index (κ1) is 19.4. The Hall–Kier alpha value is -1.93. The van der Waals surface area contributed by atoms with Crippen molar-refractivity contribution in [1.82, 2.24) is 4.31 Å². The maximum Gasteiger partial charge on any atom is 0.327 e. The number of nitrogens with zero attached hydrogens (tertiary/aromatic N) is 2. The molecule has 8 heteroatoms. The van der Waals surface area contributed by atoms with E-state index in [2.05, 4.69) is 0 Å². The molecule has 0 atom stereocenters. The normalized spacial score (nSPS) is 22.6. The quantitative estimate of drug-likeness (QED) is 0.704. The summed E-state index contributed by atoms with van der Waals surface area (Å²) < 4.78 is 33.8. The topological polar surface area (TPSA) is 84.0 Å². The molecule has 0 N–H and O–H groups in total. The number of aryl methyl sites for hydroxylation is 1. The van der Waals surface area contributed by atoms with Crippen molar-refractivity contribution in [3.63, 3.8) is 0 Å². The summed E-state index contributed by atoms with van der Waals surface area (Å²) in [5.41, 5.74) is 0.569. The van der Waals surface area contributed by atoms with Crippen LogP contribution in [0, 0.1) is 0 Å². The number of carbonyl (C=O) groups excluding carboxylic acids is 2. The molecule has 28 heavy (non-hydrogen) atoms. The molecule has 1 saturated heterocycles. The molecule has 152 valence electrons. The molecular formula is C20H26N2O5S. The molecule has 2 aliphatic heterocycles. The molecule has 0 unspecified atom stereocenters. The molecule has 1 amide bonds. The van der Waals surface area contributed by atoms with Crippen LogP contribution in [0.15, 0.2) is 23.1 Å². The molecule has 4 rings (SSSR count). The third-order valence-corrected chi connectivity index (χ3v) is 8.17. The fraction of sp³-hybridized carbons (Fsp3) is 0.600. The average Bonchev–Trinajstić information content (AvgIpc) is 2.69. The molecule has 3 aliphatic rings. The maximum absolute atomic E-state index is 13.5. The Labute approximate surface area is 165 Å². The Morgan fingerprint density at radius 3 is 2.57 bits per heavy atom. The van der Waals surface area contributed by atoms with Crippen molar-refractivity contribution < 1.29 is 22.7 Å². The number of morpholine rings is 1. The van der Waals surface area contributed by atoms with Gasteiger partial charge in [0.2, 0.25) is 15.9 Å². The molecule has 2 fully saturated rings. The van der Waals surface area contributed by atoms with E-state index < -0.39 is 21.5 Å². The predicted octanol–water partition coefficient (Wildman–Crippen LogP) is 2.24. The molecule has 1 aromatic rings. The van der Waals surface area contributed by atoms with Crippen molar-refractivity contribution in [3.8, 4) is 0 Å². The van der Waals surface area contributed by atoms with Crippen LogP contribution in [0.3, 0.4) is 0 Å². The van der Waals surface area contributed by atoms with E-state index in [0.29, 0.717) is 19.4 Å². The van der Waals surface area contributed by atoms with Crippen molar-refractivity contribution in [1.29, 1.82) is 0 Å². The molecule has 0 bridgehead atoms. The van der Waals surface area contributed by atoms with Gasteiger partial charge in [-0.15, -0.1) is 0 Å². The lowest BCUT2D eigenvalue weighted by Gasteiger charge is -2.45. The number of cyclic esters (lactones) is 1. The SMILES string of the molecule is CC(=O)N1CCCc2cc(S(=O)(=O)N3CCOC(=O)C34CCCCC4)ccc21. The van der Waals surface area contributed by atoms with E-state index in [1.54, 1.807) is 23.1 Å². The summed E-state index contributed by atoms with van der Waals surface area (Å²) in [7, 11) is -3.85. The summed E-state index contributed by atoms with van der Waals surface area (Å²) in [6.45, 7) is 2.44. The molecular weight excluding hydrogens is 380 g/mol. The van der Waals surface area contributed by atoms with Crippen LogP contribution in [-0.2, 0) is 30.8 Å². The molecule has 1 aromatic carbocycles. The van der Waals surface area contributed by atoms with E-state index in [9.17, 15) is 18.0 Å². The van der Waals surface area contributed by atoms with E-state index in [-0.39, 0.29) is 24.0 Å². The van der Waals surface area contributed by atoms with Crippen LogP contribution in [-0.4, -0.2) is 49.8 Å². The Morgan fingerprint density at radius 2 is 1.86 bits per heavy atom. The highest BCUT2D eigenvalue weighted by Crippen LogP contribution is 2.40. The van der Waals surface area contributed by atoms with Crippen molar-refractivity contribution in [2.45, 2.75) is 62.3 Å². The van der Waals surface area contributed by atoms with Crippen LogP contribution in [0.5, 0.6) is 0 Å². The minimum Gasteiger partial charge on any atom is -0.463 e. The third kappa shape index (κ3) is 3.03. The smallest absolute Gasteiger partial charge is 0.327 e. The van der Waals surface area contributed by atoms with Crippen LogP contribution in [0.2, 0.25) is 0 Å². The van der Waals surface area contributed by atoms with Crippen LogP contribution in [0.25, 0.3) is 0 Å². The first-order valence-corrected chi connectivity index (χ1v) is 11.4. The Kier molecular flexibility index (Phi) is 4.95. The second-order valence-corrected chi connectivity index (χ2v) is 9.73. The fourth-order valence-electron chi connectivity index (χ4n) is 4.80. The minimum absolute atomic E-state index is 0.0449. The number of fused-ring (bicyclic) bond motifs is 1. The molecule has 1 aliphatic carbocycles. The number of amides is 1. The van der Waals surface area contributed by atoms with Gasteiger partial charge in [-0.1, -0.05) is 19.3 Å². The monoisotopic (exact) mass is 406 g/mol. The van der Waals surface area contributed by atoms with Gasteiger partial charge >= 0.3 is 5.97 Å². The van der Waals surface area contributed by atoms with Gasteiger partial charge in [0.05, 0.1) is 4.90 Å². The first-order valence-electron chi connectivity index (χ1n) is 9.97. The minimum atomic E-state index is -3.85. The number of carbonyl (C=O) groups is 2. The fourth-order valence-corrected chi connectivity index (χ4v) is 6.62. The summed E-state index contributed by atoms with van der Waals surface area (Å²) >= 11 is 0. The van der Waals surface area contributed by atoms with E-state index in [0.717, 1.165) is 43.4 Å². The standard InChI is InChI=1S/C20H26N2O5S/c1-15(23)21-11-5-6-16-14-17(7-8-18(16)21)28(25,26)22-12-13-27-19(24)20(22)9-3-2-4-10-20/h7-8,14H,2-6,9-13H2,1H3. The van der Waals surface area contributed by atoms with Gasteiger partial charge in [0.25, 0.3) is 0 Å². The second kappa shape index (κ2) is 7.15. The Balaban J connectivity index is 1.73. The number of esters is 1. The van der Waals surface area contributed by atoms with E-state index in [4.69, 9.17) is 4.74 Å². The molecule has 2 heterocycles.